The van der Waals surface area contributed by atoms with Crippen molar-refractivity contribution < 1.29 is 4.92 Å². The summed E-state index contributed by atoms with van der Waals surface area (Å²) in [4.78, 5) is 10.4. The van der Waals surface area contributed by atoms with Gasteiger partial charge in [-0.1, -0.05) is 32.0 Å². The molecule has 120 valence electrons. The van der Waals surface area contributed by atoms with Crippen LogP contribution < -0.4 is 10.6 Å². The number of benzene rings is 2. The van der Waals surface area contributed by atoms with Crippen molar-refractivity contribution >= 4 is 34.4 Å². The highest BCUT2D eigenvalue weighted by atomic mass is 32.1. The Labute approximate surface area is 140 Å². The maximum atomic E-state index is 10.8. The molecule has 0 spiro atoms. The fourth-order valence-electron chi connectivity index (χ4n) is 2.29. The summed E-state index contributed by atoms with van der Waals surface area (Å²) in [7, 11) is 0. The summed E-state index contributed by atoms with van der Waals surface area (Å²) in [6.45, 7) is 6.05. The van der Waals surface area contributed by atoms with E-state index in [1.165, 1.54) is 17.7 Å². The number of rotatable bonds is 4. The number of nitro benzene ring substituents is 1. The summed E-state index contributed by atoms with van der Waals surface area (Å²) >= 11 is 5.35. The molecular weight excluding hydrogens is 310 g/mol. The first kappa shape index (κ1) is 16.9. The summed E-state index contributed by atoms with van der Waals surface area (Å²) in [5.41, 5.74) is 3.71. The number of aryl methyl sites for hydroxylation is 1. The average Bonchev–Trinajstić information content (AvgIpc) is 2.49. The van der Waals surface area contributed by atoms with Crippen molar-refractivity contribution in [3.63, 3.8) is 0 Å². The van der Waals surface area contributed by atoms with E-state index < -0.39 is 4.92 Å². The molecule has 2 aromatic carbocycles. The molecule has 0 aliphatic heterocycles. The molecule has 0 bridgehead atoms. The fraction of sp³-hybridized carbons (Fsp3) is 0.235. The summed E-state index contributed by atoms with van der Waals surface area (Å²) in [6.07, 6.45) is 0. The van der Waals surface area contributed by atoms with Gasteiger partial charge in [-0.15, -0.1) is 0 Å². The SMILES string of the molecule is Cc1cc([N+](=O)[O-])ccc1NC(=S)Nc1ccccc1C(C)C. The highest BCUT2D eigenvalue weighted by molar-refractivity contribution is 7.80. The van der Waals surface area contributed by atoms with E-state index in [0.717, 1.165) is 16.9 Å². The third-order valence-corrected chi connectivity index (χ3v) is 3.70. The number of nitrogens with zero attached hydrogens (tertiary/aromatic N) is 1. The van der Waals surface area contributed by atoms with E-state index in [0.29, 0.717) is 11.0 Å². The van der Waals surface area contributed by atoms with Crippen LogP contribution in [0.2, 0.25) is 0 Å². The molecule has 0 saturated heterocycles. The van der Waals surface area contributed by atoms with Gasteiger partial charge in [0.15, 0.2) is 5.11 Å². The lowest BCUT2D eigenvalue weighted by Crippen LogP contribution is -2.20. The second kappa shape index (κ2) is 7.19. The lowest BCUT2D eigenvalue weighted by atomic mass is 10.0. The Balaban J connectivity index is 2.13. The van der Waals surface area contributed by atoms with Crippen LogP contribution in [0.25, 0.3) is 0 Å². The van der Waals surface area contributed by atoms with Crippen LogP contribution in [0, 0.1) is 17.0 Å². The number of para-hydroxylation sites is 1. The van der Waals surface area contributed by atoms with Gasteiger partial charge >= 0.3 is 0 Å². The summed E-state index contributed by atoms with van der Waals surface area (Å²) < 4.78 is 0. The maximum absolute atomic E-state index is 10.8. The van der Waals surface area contributed by atoms with Crippen molar-refractivity contribution in [2.75, 3.05) is 10.6 Å². The van der Waals surface area contributed by atoms with E-state index in [1.807, 2.05) is 18.2 Å². The molecule has 0 heterocycles. The molecule has 0 radical (unpaired) electrons. The predicted molar refractivity (Wildman–Crippen MR) is 98.2 cm³/mol. The molecule has 23 heavy (non-hydrogen) atoms. The summed E-state index contributed by atoms with van der Waals surface area (Å²) in [6, 6.07) is 12.6. The Morgan fingerprint density at radius 1 is 1.13 bits per heavy atom. The minimum Gasteiger partial charge on any atom is -0.332 e. The minimum absolute atomic E-state index is 0.0667. The molecule has 0 fully saturated rings. The Bertz CT molecular complexity index is 744. The lowest BCUT2D eigenvalue weighted by molar-refractivity contribution is -0.384. The van der Waals surface area contributed by atoms with Gasteiger partial charge in [0, 0.05) is 23.5 Å². The van der Waals surface area contributed by atoms with E-state index in [2.05, 4.69) is 30.5 Å². The molecular formula is C17H19N3O2S. The second-order valence-corrected chi connectivity index (χ2v) is 5.99. The Kier molecular flexibility index (Phi) is 5.28. The van der Waals surface area contributed by atoms with Crippen molar-refractivity contribution in [2.24, 2.45) is 0 Å². The predicted octanol–water partition coefficient (Wildman–Crippen LogP) is 4.84. The molecule has 0 aliphatic carbocycles. The molecule has 2 rings (SSSR count). The van der Waals surface area contributed by atoms with Gasteiger partial charge < -0.3 is 10.6 Å². The molecule has 6 heteroatoms. The van der Waals surface area contributed by atoms with Crippen LogP contribution in [0.1, 0.15) is 30.9 Å². The van der Waals surface area contributed by atoms with Crippen molar-refractivity contribution in [3.8, 4) is 0 Å². The lowest BCUT2D eigenvalue weighted by Gasteiger charge is -2.16. The smallest absolute Gasteiger partial charge is 0.269 e. The first-order valence-electron chi connectivity index (χ1n) is 7.30. The minimum atomic E-state index is -0.410. The highest BCUT2D eigenvalue weighted by Crippen LogP contribution is 2.25. The van der Waals surface area contributed by atoms with Crippen LogP contribution in [0.4, 0.5) is 17.1 Å². The third kappa shape index (κ3) is 4.26. The van der Waals surface area contributed by atoms with E-state index in [9.17, 15) is 10.1 Å². The van der Waals surface area contributed by atoms with Gasteiger partial charge in [-0.05, 0) is 48.3 Å². The molecule has 0 atom stereocenters. The number of hydrogen-bond acceptors (Lipinski definition) is 3. The first-order chi connectivity index (χ1) is 10.9. The van der Waals surface area contributed by atoms with Crippen molar-refractivity contribution in [1.29, 1.82) is 0 Å². The van der Waals surface area contributed by atoms with Crippen molar-refractivity contribution in [1.82, 2.24) is 0 Å². The highest BCUT2D eigenvalue weighted by Gasteiger charge is 2.10. The van der Waals surface area contributed by atoms with Gasteiger partial charge in [0.1, 0.15) is 0 Å². The van der Waals surface area contributed by atoms with Crippen LogP contribution in [-0.2, 0) is 0 Å². The summed E-state index contributed by atoms with van der Waals surface area (Å²) in [5.74, 6) is 0.377. The van der Waals surface area contributed by atoms with E-state index >= 15 is 0 Å². The molecule has 0 aliphatic rings. The standard InChI is InChI=1S/C17H19N3O2S/c1-11(2)14-6-4-5-7-16(14)19-17(23)18-15-9-8-13(20(21)22)10-12(15)3/h4-11H,1-3H3,(H2,18,19,23). The maximum Gasteiger partial charge on any atom is 0.269 e. The normalized spacial score (nSPS) is 10.4. The molecule has 0 aromatic heterocycles. The molecule has 0 unspecified atom stereocenters. The zero-order valence-corrected chi connectivity index (χ0v) is 14.1. The van der Waals surface area contributed by atoms with Gasteiger partial charge in [-0.3, -0.25) is 10.1 Å². The largest absolute Gasteiger partial charge is 0.332 e. The van der Waals surface area contributed by atoms with Gasteiger partial charge in [0.2, 0.25) is 0 Å². The molecule has 2 aromatic rings. The monoisotopic (exact) mass is 329 g/mol. The van der Waals surface area contributed by atoms with Crippen LogP contribution in [0.5, 0.6) is 0 Å². The van der Waals surface area contributed by atoms with Crippen molar-refractivity contribution in [3.05, 3.63) is 63.7 Å². The molecule has 5 nitrogen and oxygen atoms in total. The average molecular weight is 329 g/mol. The number of nitrogens with one attached hydrogen (secondary N) is 2. The fourth-order valence-corrected chi connectivity index (χ4v) is 2.51. The third-order valence-electron chi connectivity index (χ3n) is 3.50. The van der Waals surface area contributed by atoms with E-state index in [1.54, 1.807) is 13.0 Å². The van der Waals surface area contributed by atoms with Gasteiger partial charge in [-0.2, -0.15) is 0 Å². The van der Waals surface area contributed by atoms with E-state index in [4.69, 9.17) is 12.2 Å². The van der Waals surface area contributed by atoms with Crippen LogP contribution in [-0.4, -0.2) is 10.0 Å². The number of nitro groups is 1. The van der Waals surface area contributed by atoms with E-state index in [-0.39, 0.29) is 5.69 Å². The van der Waals surface area contributed by atoms with Gasteiger partial charge in [0.05, 0.1) is 4.92 Å². The molecule has 2 N–H and O–H groups in total. The second-order valence-electron chi connectivity index (χ2n) is 5.58. The van der Waals surface area contributed by atoms with Gasteiger partial charge in [-0.25, -0.2) is 0 Å². The van der Waals surface area contributed by atoms with Crippen LogP contribution >= 0.6 is 12.2 Å². The first-order valence-corrected chi connectivity index (χ1v) is 7.71. The molecule has 0 saturated carbocycles. The van der Waals surface area contributed by atoms with Crippen LogP contribution in [0.3, 0.4) is 0 Å². The summed E-state index contributed by atoms with van der Waals surface area (Å²) in [5, 5.41) is 17.5. The zero-order valence-electron chi connectivity index (χ0n) is 13.3. The van der Waals surface area contributed by atoms with Gasteiger partial charge in [0.25, 0.3) is 5.69 Å². The number of hydrogen-bond donors (Lipinski definition) is 2. The Morgan fingerprint density at radius 2 is 1.78 bits per heavy atom. The quantitative estimate of drug-likeness (QED) is 0.477. The molecule has 0 amide bonds. The van der Waals surface area contributed by atoms with Crippen molar-refractivity contribution in [2.45, 2.75) is 26.7 Å². The van der Waals surface area contributed by atoms with Crippen LogP contribution in [0.15, 0.2) is 42.5 Å². The topological polar surface area (TPSA) is 67.2 Å². The zero-order chi connectivity index (χ0) is 17.0. The Hall–Kier alpha value is -2.47. The Morgan fingerprint density at radius 3 is 2.39 bits per heavy atom. The number of anilines is 2. The number of thiocarbonyl (C=S) groups is 1. The number of non-ortho nitro benzene ring substituents is 1.